The Labute approximate surface area is 189 Å². The van der Waals surface area contributed by atoms with E-state index in [0.717, 1.165) is 38.0 Å². The number of pyridine rings is 1. The Balaban J connectivity index is 1.52. The summed E-state index contributed by atoms with van der Waals surface area (Å²) >= 11 is 0. The van der Waals surface area contributed by atoms with E-state index in [9.17, 15) is 4.79 Å². The molecule has 1 aliphatic rings. The van der Waals surface area contributed by atoms with Crippen molar-refractivity contribution >= 4 is 17.0 Å². The van der Waals surface area contributed by atoms with Crippen molar-refractivity contribution in [3.8, 4) is 0 Å². The lowest BCUT2D eigenvalue weighted by molar-refractivity contribution is 0.169. The van der Waals surface area contributed by atoms with E-state index in [1.54, 1.807) is 22.9 Å². The number of nitrogens with zero attached hydrogens (tertiary/aromatic N) is 4. The van der Waals surface area contributed by atoms with Gasteiger partial charge in [-0.25, -0.2) is 4.98 Å². The largest absolute Gasteiger partial charge is 0.348 e. The van der Waals surface area contributed by atoms with Crippen molar-refractivity contribution in [3.05, 3.63) is 64.1 Å². The molecule has 4 rings (SSSR count). The summed E-state index contributed by atoms with van der Waals surface area (Å²) in [5.41, 5.74) is 3.17. The molecule has 0 radical (unpaired) electrons. The zero-order valence-electron chi connectivity index (χ0n) is 19.5. The molecule has 170 valence electrons. The van der Waals surface area contributed by atoms with Gasteiger partial charge in [-0.2, -0.15) is 4.98 Å². The number of benzene rings is 1. The summed E-state index contributed by atoms with van der Waals surface area (Å²) < 4.78 is 1.71. The maximum atomic E-state index is 12.3. The number of anilines is 1. The van der Waals surface area contributed by atoms with E-state index in [1.807, 2.05) is 13.8 Å². The van der Waals surface area contributed by atoms with Gasteiger partial charge in [0, 0.05) is 55.9 Å². The maximum Gasteiger partial charge on any atom is 0.252 e. The first kappa shape index (κ1) is 22.4. The molecular weight excluding hydrogens is 400 g/mol. The Morgan fingerprint density at radius 3 is 2.38 bits per heavy atom. The minimum atomic E-state index is -0.0456. The molecule has 0 unspecified atom stereocenters. The first-order chi connectivity index (χ1) is 15.5. The van der Waals surface area contributed by atoms with Crippen LogP contribution in [0.1, 0.15) is 63.4 Å². The van der Waals surface area contributed by atoms with Crippen LogP contribution >= 0.6 is 0 Å². The van der Waals surface area contributed by atoms with Gasteiger partial charge in [-0.15, -0.1) is 0 Å². The second kappa shape index (κ2) is 9.79. The predicted molar refractivity (Wildman–Crippen MR) is 130 cm³/mol. The number of aromatic nitrogens is 3. The maximum absolute atomic E-state index is 12.3. The van der Waals surface area contributed by atoms with Crippen LogP contribution < -0.4 is 16.2 Å². The van der Waals surface area contributed by atoms with Crippen molar-refractivity contribution in [2.24, 2.45) is 0 Å². The first-order valence-electron chi connectivity index (χ1n) is 11.7. The Morgan fingerprint density at radius 2 is 1.72 bits per heavy atom. The predicted octanol–water partition coefficient (Wildman–Crippen LogP) is 3.90. The molecule has 2 aromatic heterocycles. The third kappa shape index (κ3) is 4.69. The van der Waals surface area contributed by atoms with Crippen molar-refractivity contribution < 1.29 is 0 Å². The third-order valence-electron chi connectivity index (χ3n) is 6.33. The fourth-order valence-electron chi connectivity index (χ4n) is 4.59. The number of fused-ring (bicyclic) bond motifs is 1. The Morgan fingerprint density at radius 1 is 1.03 bits per heavy atom. The van der Waals surface area contributed by atoms with Gasteiger partial charge >= 0.3 is 0 Å². The highest BCUT2D eigenvalue weighted by atomic mass is 16.1. The van der Waals surface area contributed by atoms with Crippen molar-refractivity contribution in [1.29, 1.82) is 0 Å². The zero-order chi connectivity index (χ0) is 22.7. The summed E-state index contributed by atoms with van der Waals surface area (Å²) in [6, 6.07) is 12.8. The quantitative estimate of drug-likeness (QED) is 0.587. The lowest BCUT2D eigenvalue weighted by atomic mass is 9.98. The van der Waals surface area contributed by atoms with Crippen LogP contribution in [-0.2, 0) is 0 Å². The smallest absolute Gasteiger partial charge is 0.252 e. The van der Waals surface area contributed by atoms with Gasteiger partial charge in [0.15, 0.2) is 0 Å². The molecule has 1 saturated heterocycles. The van der Waals surface area contributed by atoms with Crippen LogP contribution in [-0.4, -0.2) is 45.6 Å². The molecule has 2 N–H and O–H groups in total. The fourth-order valence-corrected chi connectivity index (χ4v) is 4.59. The summed E-state index contributed by atoms with van der Waals surface area (Å²) in [6.45, 7) is 12.7. The van der Waals surface area contributed by atoms with Gasteiger partial charge in [0.1, 0.15) is 5.65 Å². The summed E-state index contributed by atoms with van der Waals surface area (Å²) in [6.07, 6.45) is 2.88. The molecule has 7 heteroatoms. The minimum absolute atomic E-state index is 0.0288. The van der Waals surface area contributed by atoms with Crippen molar-refractivity contribution in [2.75, 3.05) is 31.5 Å². The Bertz CT molecular complexity index is 1100. The number of piperazine rings is 1. The Hall–Kier alpha value is -2.77. The first-order valence-corrected chi connectivity index (χ1v) is 11.7. The van der Waals surface area contributed by atoms with Crippen LogP contribution in [0.4, 0.5) is 5.95 Å². The van der Waals surface area contributed by atoms with Gasteiger partial charge in [0.05, 0.1) is 6.04 Å². The number of rotatable bonds is 7. The molecule has 2 atom stereocenters. The van der Waals surface area contributed by atoms with Gasteiger partial charge in [0.2, 0.25) is 5.95 Å². The highest BCUT2D eigenvalue weighted by Crippen LogP contribution is 2.27. The van der Waals surface area contributed by atoms with Crippen LogP contribution in [0.2, 0.25) is 0 Å². The standard InChI is InChI=1S/C25H34N6O/c1-5-22(30-14-12-26-13-15-30)20-8-6-19(7-9-20)18(4)28-25-27-16-21-10-11-23(32)31(17(2)3)24(21)29-25/h6-11,16-18,22,26H,5,12-15H2,1-4H3,(H,27,28,29)/t18-,22-/m0/s1. The molecule has 32 heavy (non-hydrogen) atoms. The molecule has 0 amide bonds. The van der Waals surface area contributed by atoms with Crippen molar-refractivity contribution in [1.82, 2.24) is 24.8 Å². The molecule has 7 nitrogen and oxygen atoms in total. The number of nitrogens with one attached hydrogen (secondary N) is 2. The van der Waals surface area contributed by atoms with E-state index in [1.165, 1.54) is 11.1 Å². The second-order valence-corrected chi connectivity index (χ2v) is 8.85. The van der Waals surface area contributed by atoms with Crippen LogP contribution in [0.15, 0.2) is 47.4 Å². The highest BCUT2D eigenvalue weighted by molar-refractivity contribution is 5.75. The van der Waals surface area contributed by atoms with Crippen molar-refractivity contribution in [2.45, 2.75) is 52.2 Å². The molecule has 3 heterocycles. The topological polar surface area (TPSA) is 75.1 Å². The fraction of sp³-hybridized carbons (Fsp3) is 0.480. The van der Waals surface area contributed by atoms with Gasteiger partial charge in [-0.1, -0.05) is 31.2 Å². The van der Waals surface area contributed by atoms with E-state index >= 15 is 0 Å². The van der Waals surface area contributed by atoms with E-state index in [-0.39, 0.29) is 17.6 Å². The monoisotopic (exact) mass is 434 g/mol. The van der Waals surface area contributed by atoms with Gasteiger partial charge in [-0.05, 0) is 44.4 Å². The molecule has 1 aromatic carbocycles. The molecule has 0 aliphatic carbocycles. The van der Waals surface area contributed by atoms with Crippen LogP contribution in [0, 0.1) is 0 Å². The SMILES string of the molecule is CC[C@@H](c1ccc([C@H](C)Nc2ncc3ccc(=O)n(C(C)C)c3n2)cc1)N1CCNCC1. The lowest BCUT2D eigenvalue weighted by Crippen LogP contribution is -2.45. The summed E-state index contributed by atoms with van der Waals surface area (Å²) in [5.74, 6) is 0.529. The summed E-state index contributed by atoms with van der Waals surface area (Å²) in [7, 11) is 0. The minimum Gasteiger partial charge on any atom is -0.348 e. The van der Waals surface area contributed by atoms with Crippen LogP contribution in [0.5, 0.6) is 0 Å². The molecule has 0 spiro atoms. The normalized spacial score (nSPS) is 16.9. The molecular formula is C25H34N6O. The van der Waals surface area contributed by atoms with Gasteiger partial charge in [0.25, 0.3) is 5.56 Å². The number of hydrogen-bond acceptors (Lipinski definition) is 6. The molecule has 0 saturated carbocycles. The zero-order valence-corrected chi connectivity index (χ0v) is 19.5. The summed E-state index contributed by atoms with van der Waals surface area (Å²) in [5, 5.41) is 7.70. The van der Waals surface area contributed by atoms with E-state index < -0.39 is 0 Å². The lowest BCUT2D eigenvalue weighted by Gasteiger charge is -2.34. The number of hydrogen-bond donors (Lipinski definition) is 2. The van der Waals surface area contributed by atoms with Crippen LogP contribution in [0.25, 0.3) is 11.0 Å². The van der Waals surface area contributed by atoms with Crippen molar-refractivity contribution in [3.63, 3.8) is 0 Å². The molecule has 1 aliphatic heterocycles. The molecule has 0 bridgehead atoms. The third-order valence-corrected chi connectivity index (χ3v) is 6.33. The van der Waals surface area contributed by atoms with E-state index in [4.69, 9.17) is 0 Å². The van der Waals surface area contributed by atoms with E-state index in [2.05, 4.69) is 63.6 Å². The van der Waals surface area contributed by atoms with Crippen LogP contribution in [0.3, 0.4) is 0 Å². The average molecular weight is 435 g/mol. The second-order valence-electron chi connectivity index (χ2n) is 8.85. The highest BCUT2D eigenvalue weighted by Gasteiger charge is 2.20. The average Bonchev–Trinajstić information content (AvgIpc) is 2.80. The van der Waals surface area contributed by atoms with Gasteiger partial charge < -0.3 is 10.6 Å². The summed E-state index contributed by atoms with van der Waals surface area (Å²) in [4.78, 5) is 24.0. The molecule has 3 aromatic rings. The van der Waals surface area contributed by atoms with Gasteiger partial charge in [-0.3, -0.25) is 14.3 Å². The van der Waals surface area contributed by atoms with E-state index in [0.29, 0.717) is 17.6 Å². The Kier molecular flexibility index (Phi) is 6.86. The molecule has 1 fully saturated rings.